The summed E-state index contributed by atoms with van der Waals surface area (Å²) in [5, 5.41) is 5.95. The first-order valence-corrected chi connectivity index (χ1v) is 7.33. The molecule has 0 radical (unpaired) electrons. The third kappa shape index (κ3) is 8.32. The van der Waals surface area contributed by atoms with Crippen LogP contribution in [0, 0.1) is 0 Å². The van der Waals surface area contributed by atoms with E-state index >= 15 is 0 Å². The van der Waals surface area contributed by atoms with E-state index in [1.165, 1.54) is 0 Å². The molecule has 2 N–H and O–H groups in total. The molecule has 21 heavy (non-hydrogen) atoms. The first-order valence-electron chi connectivity index (χ1n) is 7.33. The van der Waals surface area contributed by atoms with Crippen LogP contribution in [0.25, 0.3) is 0 Å². The molecule has 0 aliphatic rings. The van der Waals surface area contributed by atoms with Gasteiger partial charge in [0.05, 0.1) is 12.6 Å². The number of methoxy groups -OCH3 is 1. The fourth-order valence-corrected chi connectivity index (χ4v) is 1.76. The van der Waals surface area contributed by atoms with Gasteiger partial charge in [0.1, 0.15) is 5.75 Å². The van der Waals surface area contributed by atoms with Gasteiger partial charge in [-0.05, 0) is 44.5 Å². The summed E-state index contributed by atoms with van der Waals surface area (Å²) in [7, 11) is 1.67. The lowest BCUT2D eigenvalue weighted by molar-refractivity contribution is -0.120. The molecule has 0 atom stereocenters. The molecule has 0 aromatic heterocycles. The van der Waals surface area contributed by atoms with Gasteiger partial charge in [0, 0.05) is 20.3 Å². The van der Waals surface area contributed by atoms with Crippen LogP contribution < -0.4 is 15.4 Å². The van der Waals surface area contributed by atoms with Crippen LogP contribution in [0.5, 0.6) is 5.75 Å². The summed E-state index contributed by atoms with van der Waals surface area (Å²) < 4.78 is 10.5. The highest BCUT2D eigenvalue weighted by Crippen LogP contribution is 2.13. The largest absolute Gasteiger partial charge is 0.491 e. The van der Waals surface area contributed by atoms with Gasteiger partial charge < -0.3 is 20.1 Å². The molecule has 1 rings (SSSR count). The van der Waals surface area contributed by atoms with Gasteiger partial charge in [-0.3, -0.25) is 4.79 Å². The first kappa shape index (κ1) is 17.5. The molecule has 118 valence electrons. The molecule has 5 nitrogen and oxygen atoms in total. The molecule has 0 spiro atoms. The zero-order chi connectivity index (χ0) is 15.5. The van der Waals surface area contributed by atoms with E-state index in [1.807, 2.05) is 38.1 Å². The number of amides is 1. The number of carbonyl (C=O) groups is 1. The second kappa shape index (κ2) is 10.2. The number of ether oxygens (including phenoxy) is 2. The Bertz CT molecular complexity index is 404. The van der Waals surface area contributed by atoms with E-state index in [9.17, 15) is 4.79 Å². The quantitative estimate of drug-likeness (QED) is 0.645. The summed E-state index contributed by atoms with van der Waals surface area (Å²) in [6.07, 6.45) is 1.07. The highest BCUT2D eigenvalue weighted by molar-refractivity contribution is 5.77. The average molecular weight is 294 g/mol. The molecule has 5 heteroatoms. The van der Waals surface area contributed by atoms with Crippen LogP contribution in [0.1, 0.15) is 25.8 Å². The summed E-state index contributed by atoms with van der Waals surface area (Å²) in [6, 6.07) is 7.77. The van der Waals surface area contributed by atoms with E-state index < -0.39 is 0 Å². The second-order valence-electron chi connectivity index (χ2n) is 5.11. The van der Waals surface area contributed by atoms with Crippen molar-refractivity contribution in [1.29, 1.82) is 0 Å². The zero-order valence-electron chi connectivity index (χ0n) is 13.1. The molecule has 1 amide bonds. The van der Waals surface area contributed by atoms with Gasteiger partial charge in [-0.1, -0.05) is 12.1 Å². The predicted molar refractivity (Wildman–Crippen MR) is 83.4 cm³/mol. The van der Waals surface area contributed by atoms with Crippen molar-refractivity contribution in [3.8, 4) is 5.75 Å². The van der Waals surface area contributed by atoms with Crippen LogP contribution >= 0.6 is 0 Å². The van der Waals surface area contributed by atoms with Crippen molar-refractivity contribution in [3.05, 3.63) is 29.8 Å². The lowest BCUT2D eigenvalue weighted by atomic mass is 10.2. The number of hydrogen-bond donors (Lipinski definition) is 2. The fraction of sp³-hybridized carbons (Fsp3) is 0.562. The standard InChI is InChI=1S/C16H26N2O3/c1-13(2)21-15-7-5-14(6-8-15)11-18-16(19)12-17-9-4-10-20-3/h5-8,13,17H,4,9-12H2,1-3H3,(H,18,19). The normalized spacial score (nSPS) is 10.7. The second-order valence-corrected chi connectivity index (χ2v) is 5.11. The SMILES string of the molecule is COCCCNCC(=O)NCc1ccc(OC(C)C)cc1. The smallest absolute Gasteiger partial charge is 0.234 e. The highest BCUT2D eigenvalue weighted by atomic mass is 16.5. The van der Waals surface area contributed by atoms with Crippen molar-refractivity contribution in [1.82, 2.24) is 10.6 Å². The molecule has 0 unspecified atom stereocenters. The topological polar surface area (TPSA) is 59.6 Å². The summed E-state index contributed by atoms with van der Waals surface area (Å²) >= 11 is 0. The minimum absolute atomic E-state index is 0.00470. The summed E-state index contributed by atoms with van der Waals surface area (Å²) in [4.78, 5) is 11.6. The number of carbonyl (C=O) groups excluding carboxylic acids is 1. The van der Waals surface area contributed by atoms with E-state index in [0.29, 0.717) is 19.7 Å². The summed E-state index contributed by atoms with van der Waals surface area (Å²) in [5.74, 6) is 0.842. The molecule has 0 saturated heterocycles. The lowest BCUT2D eigenvalue weighted by Crippen LogP contribution is -2.34. The van der Waals surface area contributed by atoms with Crippen molar-refractivity contribution in [3.63, 3.8) is 0 Å². The van der Waals surface area contributed by atoms with E-state index in [0.717, 1.165) is 24.3 Å². The van der Waals surface area contributed by atoms with Gasteiger partial charge in [-0.15, -0.1) is 0 Å². The maximum absolute atomic E-state index is 11.6. The van der Waals surface area contributed by atoms with Crippen LogP contribution in [0.15, 0.2) is 24.3 Å². The number of benzene rings is 1. The third-order valence-corrected chi connectivity index (χ3v) is 2.77. The lowest BCUT2D eigenvalue weighted by Gasteiger charge is -2.10. The number of nitrogens with one attached hydrogen (secondary N) is 2. The van der Waals surface area contributed by atoms with Crippen LogP contribution in [0.4, 0.5) is 0 Å². The van der Waals surface area contributed by atoms with E-state index in [2.05, 4.69) is 10.6 Å². The van der Waals surface area contributed by atoms with Crippen LogP contribution in [-0.4, -0.2) is 38.8 Å². The van der Waals surface area contributed by atoms with Crippen LogP contribution in [-0.2, 0) is 16.1 Å². The molecular formula is C16H26N2O3. The van der Waals surface area contributed by atoms with Gasteiger partial charge in [-0.2, -0.15) is 0 Å². The first-order chi connectivity index (χ1) is 10.1. The Kier molecular flexibility index (Phi) is 8.47. The van der Waals surface area contributed by atoms with Gasteiger partial charge in [0.25, 0.3) is 0 Å². The molecule has 0 saturated carbocycles. The fourth-order valence-electron chi connectivity index (χ4n) is 1.76. The van der Waals surface area contributed by atoms with Crippen LogP contribution in [0.3, 0.4) is 0 Å². The average Bonchev–Trinajstić information content (AvgIpc) is 2.46. The molecule has 0 fully saturated rings. The van der Waals surface area contributed by atoms with Crippen molar-refractivity contribution in [2.24, 2.45) is 0 Å². The van der Waals surface area contributed by atoms with Gasteiger partial charge in [0.15, 0.2) is 0 Å². The number of hydrogen-bond acceptors (Lipinski definition) is 4. The predicted octanol–water partition coefficient (Wildman–Crippen LogP) is 1.72. The van der Waals surface area contributed by atoms with E-state index in [-0.39, 0.29) is 12.0 Å². The molecular weight excluding hydrogens is 268 g/mol. The van der Waals surface area contributed by atoms with Crippen molar-refractivity contribution < 1.29 is 14.3 Å². The Morgan fingerprint density at radius 3 is 2.57 bits per heavy atom. The maximum Gasteiger partial charge on any atom is 0.234 e. The Morgan fingerprint density at radius 1 is 1.24 bits per heavy atom. The Hall–Kier alpha value is -1.59. The van der Waals surface area contributed by atoms with Crippen LogP contribution in [0.2, 0.25) is 0 Å². The monoisotopic (exact) mass is 294 g/mol. The maximum atomic E-state index is 11.6. The minimum atomic E-state index is -0.00470. The zero-order valence-corrected chi connectivity index (χ0v) is 13.1. The number of rotatable bonds is 10. The Morgan fingerprint density at radius 2 is 1.95 bits per heavy atom. The van der Waals surface area contributed by atoms with Crippen molar-refractivity contribution in [2.75, 3.05) is 26.8 Å². The molecule has 0 aliphatic heterocycles. The van der Waals surface area contributed by atoms with E-state index in [1.54, 1.807) is 7.11 Å². The molecule has 0 aliphatic carbocycles. The summed E-state index contributed by atoms with van der Waals surface area (Å²) in [5.41, 5.74) is 1.05. The minimum Gasteiger partial charge on any atom is -0.491 e. The van der Waals surface area contributed by atoms with Gasteiger partial charge in [0.2, 0.25) is 5.91 Å². The molecule has 1 aromatic rings. The summed E-state index contributed by atoms with van der Waals surface area (Å²) in [6.45, 7) is 6.34. The highest BCUT2D eigenvalue weighted by Gasteiger charge is 2.02. The van der Waals surface area contributed by atoms with Crippen molar-refractivity contribution >= 4 is 5.91 Å². The van der Waals surface area contributed by atoms with Gasteiger partial charge in [-0.25, -0.2) is 0 Å². The molecule has 0 heterocycles. The molecule has 1 aromatic carbocycles. The van der Waals surface area contributed by atoms with Crippen molar-refractivity contribution in [2.45, 2.75) is 32.9 Å². The van der Waals surface area contributed by atoms with E-state index in [4.69, 9.17) is 9.47 Å². The van der Waals surface area contributed by atoms with Gasteiger partial charge >= 0.3 is 0 Å². The Balaban J connectivity index is 2.20. The third-order valence-electron chi connectivity index (χ3n) is 2.77. The molecule has 0 bridgehead atoms. The Labute approximate surface area is 127 Å².